The smallest absolute Gasteiger partial charge is 0.229 e. The van der Waals surface area contributed by atoms with E-state index in [-0.39, 0.29) is 5.91 Å². The molecule has 0 aromatic carbocycles. The lowest BCUT2D eigenvalue weighted by Crippen LogP contribution is -2.29. The van der Waals surface area contributed by atoms with Crippen LogP contribution in [0.5, 0.6) is 0 Å². The van der Waals surface area contributed by atoms with Crippen LogP contribution in [0.25, 0.3) is 10.4 Å². The van der Waals surface area contributed by atoms with Gasteiger partial charge in [0, 0.05) is 6.20 Å². The molecular formula is C13H14N4OS. The van der Waals surface area contributed by atoms with E-state index in [1.54, 1.807) is 6.20 Å². The first kappa shape index (κ1) is 12.1. The highest BCUT2D eigenvalue weighted by Gasteiger charge is 2.51. The average Bonchev–Trinajstić information content (AvgIpc) is 3.11. The van der Waals surface area contributed by atoms with E-state index in [2.05, 4.69) is 9.97 Å². The van der Waals surface area contributed by atoms with Crippen LogP contribution in [-0.4, -0.2) is 15.9 Å². The Morgan fingerprint density at radius 2 is 2.21 bits per heavy atom. The van der Waals surface area contributed by atoms with Gasteiger partial charge in [-0.05, 0) is 37.5 Å². The van der Waals surface area contributed by atoms with E-state index in [1.807, 2.05) is 19.1 Å². The SMILES string of the molecule is Cc1nc(N)sc1-c1ccnc(C2(C(N)=O)CC2)c1. The number of nitrogen functional groups attached to an aromatic ring is 1. The van der Waals surface area contributed by atoms with E-state index in [9.17, 15) is 4.79 Å². The van der Waals surface area contributed by atoms with Gasteiger partial charge in [0.05, 0.1) is 21.7 Å². The summed E-state index contributed by atoms with van der Waals surface area (Å²) in [5.74, 6) is -0.294. The lowest BCUT2D eigenvalue weighted by atomic mass is 9.99. The highest BCUT2D eigenvalue weighted by Crippen LogP contribution is 2.47. The van der Waals surface area contributed by atoms with Crippen molar-refractivity contribution in [1.29, 1.82) is 0 Å². The number of nitrogens with two attached hydrogens (primary N) is 2. The van der Waals surface area contributed by atoms with Gasteiger partial charge < -0.3 is 11.5 Å². The molecular weight excluding hydrogens is 260 g/mol. The Morgan fingerprint density at radius 1 is 1.47 bits per heavy atom. The van der Waals surface area contributed by atoms with E-state index in [0.717, 1.165) is 34.7 Å². The van der Waals surface area contributed by atoms with Crippen molar-refractivity contribution in [2.45, 2.75) is 25.2 Å². The Morgan fingerprint density at radius 3 is 2.74 bits per heavy atom. The van der Waals surface area contributed by atoms with Crippen LogP contribution >= 0.6 is 11.3 Å². The molecule has 1 aliphatic rings. The number of pyridine rings is 1. The summed E-state index contributed by atoms with van der Waals surface area (Å²) in [6.45, 7) is 1.92. The van der Waals surface area contributed by atoms with Crippen LogP contribution in [0, 0.1) is 6.92 Å². The summed E-state index contributed by atoms with van der Waals surface area (Å²) in [5.41, 5.74) is 13.3. The lowest BCUT2D eigenvalue weighted by Gasteiger charge is -2.11. The van der Waals surface area contributed by atoms with Gasteiger partial charge in [0.15, 0.2) is 5.13 Å². The number of aryl methyl sites for hydroxylation is 1. The standard InChI is InChI=1S/C13H14N4OS/c1-7-10(19-12(15)17-7)8-2-5-16-9(6-8)13(3-4-13)11(14)18/h2,5-6H,3-4H2,1H3,(H2,14,18)(H2,15,17). The van der Waals surface area contributed by atoms with Gasteiger partial charge in [-0.15, -0.1) is 0 Å². The topological polar surface area (TPSA) is 94.9 Å². The first-order chi connectivity index (χ1) is 9.03. The fraction of sp³-hybridized carbons (Fsp3) is 0.308. The molecule has 0 bridgehead atoms. The Kier molecular flexibility index (Phi) is 2.56. The largest absolute Gasteiger partial charge is 0.375 e. The molecule has 2 aromatic heterocycles. The van der Waals surface area contributed by atoms with Crippen LogP contribution in [0.4, 0.5) is 5.13 Å². The molecule has 1 aliphatic carbocycles. The summed E-state index contributed by atoms with van der Waals surface area (Å²) in [4.78, 5) is 21.1. The van der Waals surface area contributed by atoms with Crippen molar-refractivity contribution in [1.82, 2.24) is 9.97 Å². The zero-order valence-corrected chi connectivity index (χ0v) is 11.3. The van der Waals surface area contributed by atoms with Gasteiger partial charge in [-0.1, -0.05) is 11.3 Å². The van der Waals surface area contributed by atoms with Crippen LogP contribution in [0.3, 0.4) is 0 Å². The van der Waals surface area contributed by atoms with Gasteiger partial charge in [-0.2, -0.15) is 0 Å². The number of aromatic nitrogens is 2. The number of carbonyl (C=O) groups is 1. The summed E-state index contributed by atoms with van der Waals surface area (Å²) in [6.07, 6.45) is 3.27. The molecule has 0 atom stereocenters. The average molecular weight is 274 g/mol. The number of anilines is 1. The van der Waals surface area contributed by atoms with Gasteiger partial charge in [-0.25, -0.2) is 4.98 Å². The van der Waals surface area contributed by atoms with Gasteiger partial charge in [-0.3, -0.25) is 9.78 Å². The lowest BCUT2D eigenvalue weighted by molar-refractivity contribution is -0.120. The van der Waals surface area contributed by atoms with Crippen molar-refractivity contribution in [3.8, 4) is 10.4 Å². The van der Waals surface area contributed by atoms with Crippen molar-refractivity contribution >= 4 is 22.4 Å². The molecule has 1 fully saturated rings. The van der Waals surface area contributed by atoms with Gasteiger partial charge >= 0.3 is 0 Å². The van der Waals surface area contributed by atoms with Crippen molar-refractivity contribution in [2.75, 3.05) is 5.73 Å². The van der Waals surface area contributed by atoms with Crippen LogP contribution in [0.2, 0.25) is 0 Å². The second-order valence-corrected chi connectivity index (χ2v) is 5.87. The number of rotatable bonds is 3. The van der Waals surface area contributed by atoms with Crippen LogP contribution in [0.15, 0.2) is 18.3 Å². The van der Waals surface area contributed by atoms with E-state index in [0.29, 0.717) is 5.13 Å². The zero-order chi connectivity index (χ0) is 13.6. The quantitative estimate of drug-likeness (QED) is 0.889. The molecule has 98 valence electrons. The van der Waals surface area contributed by atoms with Crippen molar-refractivity contribution in [2.24, 2.45) is 5.73 Å². The number of hydrogen-bond donors (Lipinski definition) is 2. The maximum absolute atomic E-state index is 11.6. The monoisotopic (exact) mass is 274 g/mol. The highest BCUT2D eigenvalue weighted by molar-refractivity contribution is 7.18. The van der Waals surface area contributed by atoms with E-state index < -0.39 is 5.41 Å². The molecule has 6 heteroatoms. The third-order valence-electron chi connectivity index (χ3n) is 3.55. The molecule has 2 heterocycles. The number of amides is 1. The molecule has 0 aliphatic heterocycles. The summed E-state index contributed by atoms with van der Waals surface area (Å²) < 4.78 is 0. The number of primary amides is 1. The van der Waals surface area contributed by atoms with E-state index in [4.69, 9.17) is 11.5 Å². The van der Waals surface area contributed by atoms with Gasteiger partial charge in [0.1, 0.15) is 0 Å². The Bertz CT molecular complexity index is 660. The molecule has 0 unspecified atom stereocenters. The second-order valence-electron chi connectivity index (χ2n) is 4.84. The molecule has 5 nitrogen and oxygen atoms in total. The van der Waals surface area contributed by atoms with Crippen molar-refractivity contribution < 1.29 is 4.79 Å². The van der Waals surface area contributed by atoms with Crippen LogP contribution < -0.4 is 11.5 Å². The molecule has 19 heavy (non-hydrogen) atoms. The summed E-state index contributed by atoms with van der Waals surface area (Å²) in [7, 11) is 0. The molecule has 1 amide bonds. The molecule has 2 aromatic rings. The number of thiazole rings is 1. The van der Waals surface area contributed by atoms with Crippen molar-refractivity contribution in [3.63, 3.8) is 0 Å². The molecule has 1 saturated carbocycles. The van der Waals surface area contributed by atoms with Gasteiger partial charge in [0.25, 0.3) is 0 Å². The maximum atomic E-state index is 11.6. The summed E-state index contributed by atoms with van der Waals surface area (Å²) >= 11 is 1.44. The summed E-state index contributed by atoms with van der Waals surface area (Å²) in [5, 5.41) is 0.543. The summed E-state index contributed by atoms with van der Waals surface area (Å²) in [6, 6.07) is 3.83. The number of carbonyl (C=O) groups excluding carboxylic acids is 1. The predicted octanol–water partition coefficient (Wildman–Crippen LogP) is 1.61. The Balaban J connectivity index is 2.06. The first-order valence-electron chi connectivity index (χ1n) is 6.03. The molecule has 0 spiro atoms. The molecule has 0 radical (unpaired) electrons. The van der Waals surface area contributed by atoms with Gasteiger partial charge in [0.2, 0.25) is 5.91 Å². The first-order valence-corrected chi connectivity index (χ1v) is 6.84. The number of hydrogen-bond acceptors (Lipinski definition) is 5. The minimum atomic E-state index is -0.555. The number of nitrogens with zero attached hydrogens (tertiary/aromatic N) is 2. The fourth-order valence-corrected chi connectivity index (χ4v) is 3.10. The van der Waals surface area contributed by atoms with Crippen molar-refractivity contribution in [3.05, 3.63) is 29.7 Å². The predicted molar refractivity (Wildman–Crippen MR) is 74.6 cm³/mol. The highest BCUT2D eigenvalue weighted by atomic mass is 32.1. The molecule has 0 saturated heterocycles. The zero-order valence-electron chi connectivity index (χ0n) is 10.5. The third-order valence-corrected chi connectivity index (χ3v) is 4.58. The normalized spacial score (nSPS) is 16.3. The Labute approximate surface area is 114 Å². The molecule has 4 N–H and O–H groups in total. The van der Waals surface area contributed by atoms with E-state index >= 15 is 0 Å². The molecule has 3 rings (SSSR count). The van der Waals surface area contributed by atoms with E-state index in [1.165, 1.54) is 11.3 Å². The minimum Gasteiger partial charge on any atom is -0.375 e. The maximum Gasteiger partial charge on any atom is 0.229 e. The van der Waals surface area contributed by atoms with Crippen LogP contribution in [-0.2, 0) is 10.2 Å². The fourth-order valence-electron chi connectivity index (χ4n) is 2.27. The minimum absolute atomic E-state index is 0.294. The second kappa shape index (κ2) is 4.03. The third kappa shape index (κ3) is 1.88. The Hall–Kier alpha value is -1.95. The van der Waals surface area contributed by atoms with Crippen LogP contribution in [0.1, 0.15) is 24.2 Å².